The lowest BCUT2D eigenvalue weighted by Crippen LogP contribution is -2.27. The zero-order valence-electron chi connectivity index (χ0n) is 16.3. The summed E-state index contributed by atoms with van der Waals surface area (Å²) in [7, 11) is 1.53. The first-order valence-electron chi connectivity index (χ1n) is 9.34. The van der Waals surface area contributed by atoms with Gasteiger partial charge in [0.2, 0.25) is 11.9 Å². The number of fused-ring (bicyclic) bond motifs is 1. The van der Waals surface area contributed by atoms with E-state index in [1.54, 1.807) is 18.5 Å². The monoisotopic (exact) mass is 425 g/mol. The largest absolute Gasteiger partial charge is 0.467 e. The van der Waals surface area contributed by atoms with Crippen LogP contribution >= 0.6 is 11.6 Å². The van der Waals surface area contributed by atoms with Crippen molar-refractivity contribution in [2.45, 2.75) is 12.5 Å². The Morgan fingerprint density at radius 3 is 2.87 bits per heavy atom. The van der Waals surface area contributed by atoms with Crippen LogP contribution in [0.15, 0.2) is 43.2 Å². The van der Waals surface area contributed by atoms with E-state index in [0.29, 0.717) is 22.2 Å². The summed E-state index contributed by atoms with van der Waals surface area (Å²) >= 11 is 5.85. The minimum absolute atomic E-state index is 0.160. The van der Waals surface area contributed by atoms with Gasteiger partial charge in [-0.2, -0.15) is 9.97 Å². The molecule has 3 heterocycles. The van der Waals surface area contributed by atoms with E-state index in [0.717, 1.165) is 30.7 Å². The van der Waals surface area contributed by atoms with Crippen LogP contribution in [0.5, 0.6) is 6.01 Å². The first kappa shape index (κ1) is 19.8. The van der Waals surface area contributed by atoms with Gasteiger partial charge in [-0.3, -0.25) is 4.79 Å². The van der Waals surface area contributed by atoms with Crippen molar-refractivity contribution < 1.29 is 9.53 Å². The average molecular weight is 426 g/mol. The lowest BCUT2D eigenvalue weighted by atomic mass is 10.2. The summed E-state index contributed by atoms with van der Waals surface area (Å²) in [5.74, 6) is 1.03. The van der Waals surface area contributed by atoms with Crippen LogP contribution in [0.3, 0.4) is 0 Å². The normalized spacial score (nSPS) is 15.8. The third-order valence-electron chi connectivity index (χ3n) is 4.73. The highest BCUT2D eigenvalue weighted by atomic mass is 35.5. The standard InChI is InChI=1S/C20H20ClN7O2/c1-3-17(29)24-13-4-5-15-16(8-13)26-20(30-2)27-18(15)28-7-6-14(11-28)25-19-22-9-12(21)10-23-19/h3-5,8-10,14H,1,6-7,11H2,2H3,(H,24,29)(H,22,23,25)/t14-/m1/s1. The van der Waals surface area contributed by atoms with Gasteiger partial charge in [0.1, 0.15) is 5.82 Å². The van der Waals surface area contributed by atoms with Gasteiger partial charge >= 0.3 is 6.01 Å². The average Bonchev–Trinajstić information content (AvgIpc) is 3.22. The fraction of sp³-hybridized carbons (Fsp3) is 0.250. The molecule has 30 heavy (non-hydrogen) atoms. The second-order valence-electron chi connectivity index (χ2n) is 6.76. The van der Waals surface area contributed by atoms with Gasteiger partial charge < -0.3 is 20.3 Å². The molecule has 0 saturated carbocycles. The number of hydrogen-bond donors (Lipinski definition) is 2. The number of aromatic nitrogens is 4. The van der Waals surface area contributed by atoms with Gasteiger partial charge in [-0.1, -0.05) is 18.2 Å². The highest BCUT2D eigenvalue weighted by molar-refractivity contribution is 6.30. The number of benzene rings is 1. The molecule has 0 unspecified atom stereocenters. The van der Waals surface area contributed by atoms with Gasteiger partial charge in [-0.15, -0.1) is 0 Å². The van der Waals surface area contributed by atoms with E-state index in [4.69, 9.17) is 16.3 Å². The molecule has 0 bridgehead atoms. The van der Waals surface area contributed by atoms with Crippen LogP contribution in [-0.2, 0) is 4.79 Å². The van der Waals surface area contributed by atoms with Gasteiger partial charge in [0.05, 0.1) is 30.0 Å². The number of halogens is 1. The molecular weight excluding hydrogens is 406 g/mol. The Morgan fingerprint density at radius 2 is 2.13 bits per heavy atom. The first-order chi connectivity index (χ1) is 14.6. The lowest BCUT2D eigenvalue weighted by Gasteiger charge is -2.20. The molecule has 154 valence electrons. The molecule has 1 atom stereocenters. The fourth-order valence-corrected chi connectivity index (χ4v) is 3.43. The molecule has 3 aromatic rings. The molecule has 1 amide bonds. The Hall–Kier alpha value is -3.46. The van der Waals surface area contributed by atoms with E-state index in [2.05, 4.69) is 42.0 Å². The van der Waals surface area contributed by atoms with Crippen LogP contribution in [-0.4, -0.2) is 52.1 Å². The Labute approximate surface area is 178 Å². The quantitative estimate of drug-likeness (QED) is 0.581. The number of rotatable bonds is 6. The molecular formula is C20H20ClN7O2. The van der Waals surface area contributed by atoms with E-state index < -0.39 is 0 Å². The van der Waals surface area contributed by atoms with Gasteiger partial charge in [0.15, 0.2) is 0 Å². The van der Waals surface area contributed by atoms with Crippen molar-refractivity contribution >= 4 is 45.9 Å². The molecule has 1 aromatic carbocycles. The summed E-state index contributed by atoms with van der Waals surface area (Å²) in [5.41, 5.74) is 1.30. The van der Waals surface area contributed by atoms with E-state index in [-0.39, 0.29) is 18.0 Å². The number of anilines is 3. The van der Waals surface area contributed by atoms with Crippen LogP contribution in [0.2, 0.25) is 5.02 Å². The van der Waals surface area contributed by atoms with Crippen molar-refractivity contribution in [1.29, 1.82) is 0 Å². The second-order valence-corrected chi connectivity index (χ2v) is 7.20. The van der Waals surface area contributed by atoms with Gasteiger partial charge in [-0.05, 0) is 30.7 Å². The maximum absolute atomic E-state index is 11.6. The fourth-order valence-electron chi connectivity index (χ4n) is 3.34. The molecule has 4 rings (SSSR count). The van der Waals surface area contributed by atoms with Crippen LogP contribution in [0.1, 0.15) is 6.42 Å². The summed E-state index contributed by atoms with van der Waals surface area (Å²) in [5, 5.41) is 7.44. The molecule has 0 spiro atoms. The molecule has 2 N–H and O–H groups in total. The summed E-state index contributed by atoms with van der Waals surface area (Å²) in [6.45, 7) is 4.99. The number of nitrogens with one attached hydrogen (secondary N) is 2. The molecule has 1 saturated heterocycles. The maximum atomic E-state index is 11.6. The van der Waals surface area contributed by atoms with Crippen molar-refractivity contribution in [2.75, 3.05) is 35.7 Å². The van der Waals surface area contributed by atoms with Crippen molar-refractivity contribution in [3.63, 3.8) is 0 Å². The minimum Gasteiger partial charge on any atom is -0.467 e. The highest BCUT2D eigenvalue weighted by Crippen LogP contribution is 2.31. The zero-order chi connectivity index (χ0) is 21.1. The van der Waals surface area contributed by atoms with Crippen molar-refractivity contribution in [2.24, 2.45) is 0 Å². The Kier molecular flexibility index (Phi) is 5.62. The summed E-state index contributed by atoms with van der Waals surface area (Å²) in [6, 6.07) is 5.93. The van der Waals surface area contributed by atoms with E-state index >= 15 is 0 Å². The SMILES string of the molecule is C=CC(=O)Nc1ccc2c(N3CC[C@@H](Nc4ncc(Cl)cn4)C3)nc(OC)nc2c1. The van der Waals surface area contributed by atoms with Crippen LogP contribution in [0, 0.1) is 0 Å². The smallest absolute Gasteiger partial charge is 0.318 e. The molecule has 0 radical (unpaired) electrons. The molecule has 1 fully saturated rings. The third-order valence-corrected chi connectivity index (χ3v) is 4.93. The number of methoxy groups -OCH3 is 1. The molecule has 10 heteroatoms. The topological polar surface area (TPSA) is 105 Å². The van der Waals surface area contributed by atoms with Crippen molar-refractivity contribution in [3.05, 3.63) is 48.3 Å². The van der Waals surface area contributed by atoms with Gasteiger partial charge in [-0.25, -0.2) is 9.97 Å². The lowest BCUT2D eigenvalue weighted by molar-refractivity contribution is -0.111. The number of carbonyl (C=O) groups excluding carboxylic acids is 1. The maximum Gasteiger partial charge on any atom is 0.318 e. The molecule has 0 aliphatic carbocycles. The summed E-state index contributed by atoms with van der Waals surface area (Å²) in [4.78, 5) is 31.2. The van der Waals surface area contributed by atoms with Gasteiger partial charge in [0.25, 0.3) is 0 Å². The highest BCUT2D eigenvalue weighted by Gasteiger charge is 2.26. The zero-order valence-corrected chi connectivity index (χ0v) is 17.1. The molecule has 1 aliphatic rings. The van der Waals surface area contributed by atoms with Crippen molar-refractivity contribution in [1.82, 2.24) is 19.9 Å². The van der Waals surface area contributed by atoms with E-state index in [1.807, 2.05) is 12.1 Å². The van der Waals surface area contributed by atoms with E-state index in [9.17, 15) is 4.79 Å². The van der Waals surface area contributed by atoms with Crippen molar-refractivity contribution in [3.8, 4) is 6.01 Å². The van der Waals surface area contributed by atoms with E-state index in [1.165, 1.54) is 13.2 Å². The molecule has 9 nitrogen and oxygen atoms in total. The van der Waals surface area contributed by atoms with Crippen LogP contribution in [0.25, 0.3) is 10.9 Å². The molecule has 1 aliphatic heterocycles. The second kappa shape index (κ2) is 8.50. The Balaban J connectivity index is 1.59. The minimum atomic E-state index is -0.284. The number of hydrogen-bond acceptors (Lipinski definition) is 8. The number of ether oxygens (including phenoxy) is 1. The Morgan fingerprint density at radius 1 is 1.33 bits per heavy atom. The number of nitrogens with zero attached hydrogens (tertiary/aromatic N) is 5. The number of carbonyl (C=O) groups is 1. The third kappa shape index (κ3) is 4.25. The summed E-state index contributed by atoms with van der Waals surface area (Å²) < 4.78 is 5.30. The van der Waals surface area contributed by atoms with Crippen LogP contribution in [0.4, 0.5) is 17.5 Å². The predicted molar refractivity (Wildman–Crippen MR) is 116 cm³/mol. The first-order valence-corrected chi connectivity index (χ1v) is 9.72. The molecule has 2 aromatic heterocycles. The predicted octanol–water partition coefficient (Wildman–Crippen LogP) is 2.90. The van der Waals surface area contributed by atoms with Crippen LogP contribution < -0.4 is 20.3 Å². The van der Waals surface area contributed by atoms with Gasteiger partial charge in [0, 0.05) is 30.2 Å². The summed E-state index contributed by atoms with van der Waals surface area (Å²) in [6.07, 6.45) is 5.25. The number of amides is 1. The Bertz CT molecular complexity index is 1090.